The topological polar surface area (TPSA) is 47.6 Å². The number of carbonyl (C=O) groups excluding carboxylic acids is 1. The summed E-state index contributed by atoms with van der Waals surface area (Å²) >= 11 is 0. The lowest BCUT2D eigenvalue weighted by Crippen LogP contribution is -2.58. The first-order chi connectivity index (χ1) is 6.25. The fraction of sp³-hybridized carbons (Fsp3) is 0.889. The molecule has 0 heterocycles. The summed E-state index contributed by atoms with van der Waals surface area (Å²) < 4.78 is 9.65. The van der Waals surface area contributed by atoms with Crippen molar-refractivity contribution < 1.29 is 14.3 Å². The molecule has 0 spiro atoms. The third-order valence-corrected chi connectivity index (χ3v) is 2.55. The smallest absolute Gasteiger partial charge is 0.326 e. The fourth-order valence-corrected chi connectivity index (χ4v) is 1.57. The van der Waals surface area contributed by atoms with Crippen LogP contribution in [0.2, 0.25) is 0 Å². The Hall–Kier alpha value is -0.610. The van der Waals surface area contributed by atoms with E-state index in [0.29, 0.717) is 13.2 Å². The van der Waals surface area contributed by atoms with Crippen molar-refractivity contribution in [3.05, 3.63) is 0 Å². The minimum atomic E-state index is -0.409. The quantitative estimate of drug-likeness (QED) is 0.497. The molecule has 1 rings (SSSR count). The van der Waals surface area contributed by atoms with Crippen LogP contribution in [0.4, 0.5) is 0 Å². The molecular formula is C9H17NO3. The average molecular weight is 187 g/mol. The van der Waals surface area contributed by atoms with E-state index in [9.17, 15) is 4.79 Å². The first-order valence-electron chi connectivity index (χ1n) is 4.57. The highest BCUT2D eigenvalue weighted by molar-refractivity contribution is 5.81. The number of carbonyl (C=O) groups is 1. The van der Waals surface area contributed by atoms with Gasteiger partial charge >= 0.3 is 5.97 Å². The molecule has 1 fully saturated rings. The van der Waals surface area contributed by atoms with Gasteiger partial charge in [-0.1, -0.05) is 0 Å². The Balaban J connectivity index is 2.36. The first-order valence-corrected chi connectivity index (χ1v) is 4.57. The maximum atomic E-state index is 11.4. The third-order valence-electron chi connectivity index (χ3n) is 2.55. The van der Waals surface area contributed by atoms with E-state index in [1.54, 1.807) is 7.11 Å². The van der Waals surface area contributed by atoms with Crippen LogP contribution in [0.3, 0.4) is 0 Å². The highest BCUT2D eigenvalue weighted by Gasteiger charge is 2.44. The Bertz CT molecular complexity index is 178. The highest BCUT2D eigenvalue weighted by Crippen LogP contribution is 2.32. The largest absolute Gasteiger partial charge is 0.468 e. The van der Waals surface area contributed by atoms with E-state index in [0.717, 1.165) is 19.3 Å². The SMILES string of the molecule is COCCNC1(C(=O)OC)CCC1. The molecule has 0 bridgehead atoms. The lowest BCUT2D eigenvalue weighted by Gasteiger charge is -2.39. The second kappa shape index (κ2) is 4.58. The summed E-state index contributed by atoms with van der Waals surface area (Å²) in [6, 6.07) is 0. The fourth-order valence-electron chi connectivity index (χ4n) is 1.57. The van der Waals surface area contributed by atoms with Crippen molar-refractivity contribution in [1.82, 2.24) is 5.32 Å². The normalized spacial score (nSPS) is 19.2. The molecule has 4 nitrogen and oxygen atoms in total. The summed E-state index contributed by atoms with van der Waals surface area (Å²) in [4.78, 5) is 11.4. The molecule has 76 valence electrons. The Morgan fingerprint density at radius 3 is 2.54 bits per heavy atom. The van der Waals surface area contributed by atoms with Crippen molar-refractivity contribution in [1.29, 1.82) is 0 Å². The van der Waals surface area contributed by atoms with Crippen molar-refractivity contribution in [3.8, 4) is 0 Å². The molecule has 0 atom stereocenters. The van der Waals surface area contributed by atoms with Crippen LogP contribution < -0.4 is 5.32 Å². The molecule has 0 radical (unpaired) electrons. The zero-order valence-electron chi connectivity index (χ0n) is 8.26. The van der Waals surface area contributed by atoms with Crippen molar-refractivity contribution in [2.75, 3.05) is 27.4 Å². The van der Waals surface area contributed by atoms with Gasteiger partial charge in [0.15, 0.2) is 0 Å². The molecular weight excluding hydrogens is 170 g/mol. The molecule has 1 saturated carbocycles. The van der Waals surface area contributed by atoms with Gasteiger partial charge in [0.05, 0.1) is 13.7 Å². The summed E-state index contributed by atoms with van der Waals surface area (Å²) in [7, 11) is 3.08. The van der Waals surface area contributed by atoms with Gasteiger partial charge in [0.1, 0.15) is 5.54 Å². The zero-order valence-corrected chi connectivity index (χ0v) is 8.26. The minimum Gasteiger partial charge on any atom is -0.468 e. The molecule has 1 aliphatic rings. The molecule has 1 N–H and O–H groups in total. The minimum absolute atomic E-state index is 0.144. The number of ether oxygens (including phenoxy) is 2. The number of methoxy groups -OCH3 is 2. The predicted molar refractivity (Wildman–Crippen MR) is 48.5 cm³/mol. The molecule has 0 unspecified atom stereocenters. The number of esters is 1. The van der Waals surface area contributed by atoms with Crippen molar-refractivity contribution in [2.24, 2.45) is 0 Å². The number of hydrogen-bond acceptors (Lipinski definition) is 4. The first kappa shape index (κ1) is 10.5. The molecule has 0 aromatic carbocycles. The van der Waals surface area contributed by atoms with Gasteiger partial charge in [-0.25, -0.2) is 0 Å². The molecule has 0 aliphatic heterocycles. The lowest BCUT2D eigenvalue weighted by molar-refractivity contribution is -0.152. The molecule has 0 aromatic rings. The predicted octanol–water partition coefficient (Wildman–Crippen LogP) is 0.318. The number of rotatable bonds is 5. The summed E-state index contributed by atoms with van der Waals surface area (Å²) in [5, 5.41) is 3.18. The maximum absolute atomic E-state index is 11.4. The van der Waals surface area contributed by atoms with E-state index in [1.165, 1.54) is 7.11 Å². The summed E-state index contributed by atoms with van der Waals surface area (Å²) in [6.07, 6.45) is 2.85. The van der Waals surface area contributed by atoms with Crippen LogP contribution in [-0.2, 0) is 14.3 Å². The van der Waals surface area contributed by atoms with Crippen LogP contribution in [-0.4, -0.2) is 38.9 Å². The Morgan fingerprint density at radius 2 is 2.15 bits per heavy atom. The van der Waals surface area contributed by atoms with Crippen LogP contribution in [0, 0.1) is 0 Å². The van der Waals surface area contributed by atoms with Crippen molar-refractivity contribution in [3.63, 3.8) is 0 Å². The van der Waals surface area contributed by atoms with E-state index in [2.05, 4.69) is 5.32 Å². The molecule has 4 heteroatoms. The van der Waals surface area contributed by atoms with Gasteiger partial charge in [-0.2, -0.15) is 0 Å². The van der Waals surface area contributed by atoms with E-state index in [4.69, 9.17) is 9.47 Å². The monoisotopic (exact) mass is 187 g/mol. The zero-order chi connectivity index (χ0) is 9.73. The van der Waals surface area contributed by atoms with Gasteiger partial charge in [-0.05, 0) is 19.3 Å². The maximum Gasteiger partial charge on any atom is 0.326 e. The van der Waals surface area contributed by atoms with Gasteiger partial charge in [-0.3, -0.25) is 10.1 Å². The van der Waals surface area contributed by atoms with Crippen LogP contribution >= 0.6 is 0 Å². The van der Waals surface area contributed by atoms with Crippen LogP contribution in [0.15, 0.2) is 0 Å². The average Bonchev–Trinajstić information content (AvgIpc) is 2.08. The van der Waals surface area contributed by atoms with Crippen molar-refractivity contribution in [2.45, 2.75) is 24.8 Å². The van der Waals surface area contributed by atoms with Gasteiger partial charge in [0, 0.05) is 13.7 Å². The molecule has 0 amide bonds. The van der Waals surface area contributed by atoms with Gasteiger partial charge in [-0.15, -0.1) is 0 Å². The van der Waals surface area contributed by atoms with E-state index < -0.39 is 5.54 Å². The van der Waals surface area contributed by atoms with Gasteiger partial charge in [0.2, 0.25) is 0 Å². The highest BCUT2D eigenvalue weighted by atomic mass is 16.5. The third kappa shape index (κ3) is 2.19. The molecule has 1 aliphatic carbocycles. The lowest BCUT2D eigenvalue weighted by atomic mass is 9.77. The Labute approximate surface area is 78.6 Å². The standard InChI is InChI=1S/C9H17NO3/c1-12-7-6-10-9(4-3-5-9)8(11)13-2/h10H,3-7H2,1-2H3. The van der Waals surface area contributed by atoms with Gasteiger partial charge < -0.3 is 9.47 Å². The summed E-state index contributed by atoms with van der Waals surface area (Å²) in [5.41, 5.74) is -0.409. The summed E-state index contributed by atoms with van der Waals surface area (Å²) in [6.45, 7) is 1.32. The van der Waals surface area contributed by atoms with Crippen LogP contribution in [0.25, 0.3) is 0 Å². The van der Waals surface area contributed by atoms with E-state index in [1.807, 2.05) is 0 Å². The Kier molecular flexibility index (Phi) is 3.69. The molecule has 0 aromatic heterocycles. The Morgan fingerprint density at radius 1 is 1.46 bits per heavy atom. The number of nitrogens with one attached hydrogen (secondary N) is 1. The molecule has 13 heavy (non-hydrogen) atoms. The molecule has 0 saturated heterocycles. The van der Waals surface area contributed by atoms with Gasteiger partial charge in [0.25, 0.3) is 0 Å². The number of hydrogen-bond donors (Lipinski definition) is 1. The van der Waals surface area contributed by atoms with Crippen LogP contribution in [0.5, 0.6) is 0 Å². The summed E-state index contributed by atoms with van der Waals surface area (Å²) in [5.74, 6) is -0.144. The second-order valence-electron chi connectivity index (χ2n) is 3.35. The van der Waals surface area contributed by atoms with Crippen LogP contribution in [0.1, 0.15) is 19.3 Å². The second-order valence-corrected chi connectivity index (χ2v) is 3.35. The van der Waals surface area contributed by atoms with E-state index in [-0.39, 0.29) is 5.97 Å². The van der Waals surface area contributed by atoms with E-state index >= 15 is 0 Å². The van der Waals surface area contributed by atoms with Crippen molar-refractivity contribution >= 4 is 5.97 Å².